The van der Waals surface area contributed by atoms with Gasteiger partial charge < -0.3 is 10.5 Å². The van der Waals surface area contributed by atoms with Crippen molar-refractivity contribution >= 4 is 17.4 Å². The van der Waals surface area contributed by atoms with Gasteiger partial charge in [-0.25, -0.2) is 0 Å². The monoisotopic (exact) mass is 267 g/mol. The highest BCUT2D eigenvalue weighted by atomic mass is 35.5. The topological polar surface area (TPSA) is 52.3 Å². The summed E-state index contributed by atoms with van der Waals surface area (Å²) in [5.41, 5.74) is 6.24. The van der Waals surface area contributed by atoms with E-state index in [2.05, 4.69) is 0 Å². The third-order valence-electron chi connectivity index (χ3n) is 3.96. The number of methoxy groups -OCH3 is 1. The molecule has 1 aromatic rings. The van der Waals surface area contributed by atoms with Crippen molar-refractivity contribution in [2.24, 2.45) is 11.1 Å². The van der Waals surface area contributed by atoms with Crippen molar-refractivity contribution in [3.63, 3.8) is 0 Å². The van der Waals surface area contributed by atoms with Crippen LogP contribution in [0.25, 0.3) is 0 Å². The lowest BCUT2D eigenvalue weighted by molar-refractivity contribution is 0.0802. The number of ether oxygens (including phenoxy) is 1. The molecule has 0 radical (unpaired) electrons. The number of rotatable bonds is 3. The Hall–Kier alpha value is -1.06. The molecule has 0 aromatic heterocycles. The van der Waals surface area contributed by atoms with Gasteiger partial charge in [-0.3, -0.25) is 4.79 Å². The molecule has 0 bridgehead atoms. The van der Waals surface area contributed by atoms with Gasteiger partial charge in [0, 0.05) is 17.0 Å². The molecule has 2 N–H and O–H groups in total. The Morgan fingerprint density at radius 1 is 1.56 bits per heavy atom. The first-order valence-electron chi connectivity index (χ1n) is 6.13. The van der Waals surface area contributed by atoms with Crippen LogP contribution in [-0.2, 0) is 0 Å². The van der Waals surface area contributed by atoms with Crippen LogP contribution in [0.1, 0.15) is 36.5 Å². The van der Waals surface area contributed by atoms with Crippen LogP contribution in [0, 0.1) is 5.41 Å². The van der Waals surface area contributed by atoms with Crippen LogP contribution < -0.4 is 10.5 Å². The van der Waals surface area contributed by atoms with Crippen molar-refractivity contribution in [3.05, 3.63) is 28.8 Å². The lowest BCUT2D eigenvalue weighted by Gasteiger charge is -2.27. The number of hydrogen-bond donors (Lipinski definition) is 1. The van der Waals surface area contributed by atoms with Gasteiger partial charge in [0.15, 0.2) is 5.78 Å². The fraction of sp³-hybridized carbons (Fsp3) is 0.500. The quantitative estimate of drug-likeness (QED) is 0.857. The SMILES string of the molecule is COc1cc(C(=O)C2(C)CCCC2N)ccc1Cl. The molecular weight excluding hydrogens is 250 g/mol. The van der Waals surface area contributed by atoms with Crippen LogP contribution in [0.5, 0.6) is 5.75 Å². The lowest BCUT2D eigenvalue weighted by Crippen LogP contribution is -2.41. The summed E-state index contributed by atoms with van der Waals surface area (Å²) >= 11 is 5.96. The molecule has 2 unspecified atom stereocenters. The highest BCUT2D eigenvalue weighted by Gasteiger charge is 2.43. The van der Waals surface area contributed by atoms with E-state index in [4.69, 9.17) is 22.1 Å². The summed E-state index contributed by atoms with van der Waals surface area (Å²) in [6.07, 6.45) is 2.76. The normalized spacial score (nSPS) is 27.2. The Morgan fingerprint density at radius 3 is 2.83 bits per heavy atom. The van der Waals surface area contributed by atoms with Crippen molar-refractivity contribution in [1.82, 2.24) is 0 Å². The van der Waals surface area contributed by atoms with Gasteiger partial charge in [0.05, 0.1) is 12.1 Å². The molecule has 4 heteroatoms. The summed E-state index contributed by atoms with van der Waals surface area (Å²) in [4.78, 5) is 12.6. The second-order valence-corrected chi connectivity index (χ2v) is 5.50. The first kappa shape index (κ1) is 13.4. The van der Waals surface area contributed by atoms with Crippen LogP contribution in [0.2, 0.25) is 5.02 Å². The van der Waals surface area contributed by atoms with E-state index in [0.717, 1.165) is 19.3 Å². The van der Waals surface area contributed by atoms with E-state index >= 15 is 0 Å². The Kier molecular flexibility index (Phi) is 3.64. The molecule has 1 saturated carbocycles. The molecular formula is C14H18ClNO2. The summed E-state index contributed by atoms with van der Waals surface area (Å²) in [6, 6.07) is 5.06. The molecule has 0 saturated heterocycles. The van der Waals surface area contributed by atoms with E-state index in [0.29, 0.717) is 16.3 Å². The Balaban J connectivity index is 2.34. The summed E-state index contributed by atoms with van der Waals surface area (Å²) in [5.74, 6) is 0.611. The van der Waals surface area contributed by atoms with Gasteiger partial charge in [0.2, 0.25) is 0 Å². The van der Waals surface area contributed by atoms with Crippen molar-refractivity contribution in [3.8, 4) is 5.75 Å². The molecule has 1 fully saturated rings. The molecule has 0 spiro atoms. The smallest absolute Gasteiger partial charge is 0.170 e. The molecule has 1 aliphatic carbocycles. The fourth-order valence-corrected chi connectivity index (χ4v) is 2.80. The Morgan fingerprint density at radius 2 is 2.28 bits per heavy atom. The maximum absolute atomic E-state index is 12.6. The third-order valence-corrected chi connectivity index (χ3v) is 4.27. The zero-order valence-electron chi connectivity index (χ0n) is 10.7. The number of benzene rings is 1. The van der Waals surface area contributed by atoms with Crippen molar-refractivity contribution in [1.29, 1.82) is 0 Å². The summed E-state index contributed by atoms with van der Waals surface area (Å²) in [7, 11) is 1.54. The van der Waals surface area contributed by atoms with Crippen LogP contribution in [0.4, 0.5) is 0 Å². The fourth-order valence-electron chi connectivity index (χ4n) is 2.61. The van der Waals surface area contributed by atoms with Gasteiger partial charge in [0.1, 0.15) is 5.75 Å². The molecule has 0 aliphatic heterocycles. The molecule has 3 nitrogen and oxygen atoms in total. The Labute approximate surface area is 112 Å². The van der Waals surface area contributed by atoms with Crippen LogP contribution in [-0.4, -0.2) is 18.9 Å². The van der Waals surface area contributed by atoms with E-state index in [1.54, 1.807) is 25.3 Å². The number of nitrogens with two attached hydrogens (primary N) is 1. The molecule has 0 heterocycles. The molecule has 2 rings (SSSR count). The van der Waals surface area contributed by atoms with Gasteiger partial charge in [0.25, 0.3) is 0 Å². The maximum atomic E-state index is 12.6. The van der Waals surface area contributed by atoms with Gasteiger partial charge in [-0.05, 0) is 31.0 Å². The number of carbonyl (C=O) groups excluding carboxylic acids is 1. The number of hydrogen-bond acceptors (Lipinski definition) is 3. The zero-order valence-corrected chi connectivity index (χ0v) is 11.5. The highest BCUT2D eigenvalue weighted by molar-refractivity contribution is 6.32. The first-order valence-corrected chi connectivity index (χ1v) is 6.51. The second-order valence-electron chi connectivity index (χ2n) is 5.09. The van der Waals surface area contributed by atoms with Crippen LogP contribution in [0.3, 0.4) is 0 Å². The van der Waals surface area contributed by atoms with Gasteiger partial charge >= 0.3 is 0 Å². The molecule has 1 aromatic carbocycles. The minimum Gasteiger partial charge on any atom is -0.495 e. The van der Waals surface area contributed by atoms with E-state index in [-0.39, 0.29) is 11.8 Å². The average molecular weight is 268 g/mol. The van der Waals surface area contributed by atoms with Gasteiger partial charge in [-0.15, -0.1) is 0 Å². The van der Waals surface area contributed by atoms with Crippen molar-refractivity contribution in [2.45, 2.75) is 32.2 Å². The minimum atomic E-state index is -0.459. The summed E-state index contributed by atoms with van der Waals surface area (Å²) in [6.45, 7) is 1.95. The van der Waals surface area contributed by atoms with Crippen LogP contribution in [0.15, 0.2) is 18.2 Å². The predicted molar refractivity (Wildman–Crippen MR) is 72.3 cm³/mol. The predicted octanol–water partition coefficient (Wildman–Crippen LogP) is 3.05. The van der Waals surface area contributed by atoms with Crippen LogP contribution >= 0.6 is 11.6 Å². The average Bonchev–Trinajstić information content (AvgIpc) is 2.70. The summed E-state index contributed by atoms with van der Waals surface area (Å²) < 4.78 is 5.14. The second kappa shape index (κ2) is 4.90. The number of ketones is 1. The van der Waals surface area contributed by atoms with Gasteiger partial charge in [-0.1, -0.05) is 24.9 Å². The highest BCUT2D eigenvalue weighted by Crippen LogP contribution is 2.40. The molecule has 2 atom stereocenters. The van der Waals surface area contributed by atoms with Crippen molar-refractivity contribution < 1.29 is 9.53 Å². The molecule has 98 valence electrons. The minimum absolute atomic E-state index is 0.0633. The summed E-state index contributed by atoms with van der Waals surface area (Å²) in [5, 5.41) is 0.509. The van der Waals surface area contributed by atoms with E-state index in [1.807, 2.05) is 6.92 Å². The molecule has 18 heavy (non-hydrogen) atoms. The third kappa shape index (κ3) is 2.13. The Bertz CT molecular complexity index is 475. The number of halogens is 1. The maximum Gasteiger partial charge on any atom is 0.170 e. The molecule has 0 amide bonds. The van der Waals surface area contributed by atoms with Crippen molar-refractivity contribution in [2.75, 3.05) is 7.11 Å². The van der Waals surface area contributed by atoms with E-state index in [9.17, 15) is 4.79 Å². The first-order chi connectivity index (χ1) is 8.49. The lowest BCUT2D eigenvalue weighted by atomic mass is 9.78. The molecule has 1 aliphatic rings. The standard InChI is InChI=1S/C14H18ClNO2/c1-14(7-3-4-12(14)16)13(17)9-5-6-10(15)11(8-9)18-2/h5-6,8,12H,3-4,7,16H2,1-2H3. The van der Waals surface area contributed by atoms with E-state index in [1.165, 1.54) is 0 Å². The van der Waals surface area contributed by atoms with Gasteiger partial charge in [-0.2, -0.15) is 0 Å². The van der Waals surface area contributed by atoms with E-state index < -0.39 is 5.41 Å². The zero-order chi connectivity index (χ0) is 13.3. The largest absolute Gasteiger partial charge is 0.495 e. The number of carbonyl (C=O) groups is 1. The number of Topliss-reactive ketones (excluding diaryl/α,β-unsaturated/α-hetero) is 1.